The fraction of sp³-hybridized carbons (Fsp3) is 0.227. The van der Waals surface area contributed by atoms with E-state index in [1.54, 1.807) is 6.26 Å². The number of fused-ring (bicyclic) bond motifs is 1. The van der Waals surface area contributed by atoms with Gasteiger partial charge in [0.05, 0.1) is 12.0 Å². The quantitative estimate of drug-likeness (QED) is 0.546. The summed E-state index contributed by atoms with van der Waals surface area (Å²) >= 11 is 0. The number of furan rings is 1. The lowest BCUT2D eigenvalue weighted by Gasteiger charge is -2.27. The molecule has 0 N–H and O–H groups in total. The highest BCUT2D eigenvalue weighted by molar-refractivity contribution is 5.57. The smallest absolute Gasteiger partial charge is 0.154 e. The van der Waals surface area contributed by atoms with Crippen molar-refractivity contribution in [1.29, 1.82) is 0 Å². The van der Waals surface area contributed by atoms with E-state index >= 15 is 0 Å². The van der Waals surface area contributed by atoms with Crippen molar-refractivity contribution in [3.63, 3.8) is 0 Å². The molecule has 0 saturated heterocycles. The molecule has 0 bridgehead atoms. The molecule has 4 aromatic rings. The Morgan fingerprint density at radius 2 is 2.00 bits per heavy atom. The third-order valence-electron chi connectivity index (χ3n) is 5.09. The van der Waals surface area contributed by atoms with Crippen molar-refractivity contribution in [2.24, 2.45) is 0 Å². The molecule has 3 aromatic heterocycles. The lowest BCUT2D eigenvalue weighted by molar-refractivity contribution is 0.243. The van der Waals surface area contributed by atoms with Gasteiger partial charge in [-0.05, 0) is 31.2 Å². The highest BCUT2D eigenvalue weighted by atomic mass is 16.3. The summed E-state index contributed by atoms with van der Waals surface area (Å²) in [6, 6.07) is 14.0. The van der Waals surface area contributed by atoms with Gasteiger partial charge in [0.1, 0.15) is 11.5 Å². The summed E-state index contributed by atoms with van der Waals surface area (Å²) < 4.78 is 7.58. The fourth-order valence-electron chi connectivity index (χ4n) is 3.71. The Bertz CT molecular complexity index is 1090. The van der Waals surface area contributed by atoms with Gasteiger partial charge in [-0.25, -0.2) is 14.6 Å². The van der Waals surface area contributed by atoms with E-state index in [1.807, 2.05) is 48.1 Å². The monoisotopic (exact) mass is 371 g/mol. The molecule has 0 fully saturated rings. The Morgan fingerprint density at radius 3 is 2.82 bits per heavy atom. The van der Waals surface area contributed by atoms with Crippen LogP contribution in [0.4, 0.5) is 0 Å². The molecule has 28 heavy (non-hydrogen) atoms. The number of nitrogens with zero attached hydrogens (tertiary/aromatic N) is 5. The van der Waals surface area contributed by atoms with Crippen molar-refractivity contribution >= 4 is 0 Å². The second-order valence-electron chi connectivity index (χ2n) is 7.11. The van der Waals surface area contributed by atoms with Gasteiger partial charge < -0.3 is 4.42 Å². The number of hydrogen-bond acceptors (Lipinski definition) is 5. The molecule has 0 spiro atoms. The van der Waals surface area contributed by atoms with Gasteiger partial charge in [-0.1, -0.05) is 18.2 Å². The van der Waals surface area contributed by atoms with Crippen LogP contribution in [0.15, 0.2) is 65.5 Å². The molecule has 0 amide bonds. The van der Waals surface area contributed by atoms with E-state index in [2.05, 4.69) is 33.2 Å². The minimum absolute atomic E-state index is 0.793. The molecule has 1 aliphatic rings. The molecular weight excluding hydrogens is 350 g/mol. The molecule has 1 aromatic carbocycles. The average molecular weight is 371 g/mol. The molecule has 0 radical (unpaired) electrons. The van der Waals surface area contributed by atoms with Crippen LogP contribution in [0.25, 0.3) is 17.1 Å². The Morgan fingerprint density at radius 1 is 1.11 bits per heavy atom. The molecule has 6 heteroatoms. The fourth-order valence-corrected chi connectivity index (χ4v) is 3.71. The zero-order valence-electron chi connectivity index (χ0n) is 15.7. The van der Waals surface area contributed by atoms with Gasteiger partial charge >= 0.3 is 0 Å². The number of para-hydroxylation sites is 1. The van der Waals surface area contributed by atoms with E-state index in [1.165, 1.54) is 11.3 Å². The Hall–Kier alpha value is -3.25. The van der Waals surface area contributed by atoms with Gasteiger partial charge in [0, 0.05) is 55.3 Å². The Labute approximate surface area is 163 Å². The van der Waals surface area contributed by atoms with Crippen LogP contribution in [0, 0.1) is 6.92 Å². The largest absolute Gasteiger partial charge is 0.463 e. The normalized spacial score (nSPS) is 14.2. The maximum absolute atomic E-state index is 5.65. The van der Waals surface area contributed by atoms with Crippen molar-refractivity contribution in [2.75, 3.05) is 6.54 Å². The van der Waals surface area contributed by atoms with Gasteiger partial charge in [0.2, 0.25) is 0 Å². The number of benzene rings is 1. The van der Waals surface area contributed by atoms with Crippen LogP contribution in [-0.4, -0.2) is 31.2 Å². The van der Waals surface area contributed by atoms with Crippen molar-refractivity contribution in [3.8, 4) is 17.1 Å². The summed E-state index contributed by atoms with van der Waals surface area (Å²) in [4.78, 5) is 11.4. The molecule has 140 valence electrons. The third kappa shape index (κ3) is 3.23. The van der Waals surface area contributed by atoms with Crippen LogP contribution in [0.1, 0.15) is 22.6 Å². The lowest BCUT2D eigenvalue weighted by Crippen LogP contribution is -2.31. The third-order valence-corrected chi connectivity index (χ3v) is 5.09. The Balaban J connectivity index is 1.46. The Kier molecular flexibility index (Phi) is 4.25. The molecule has 0 unspecified atom stereocenters. The predicted molar refractivity (Wildman–Crippen MR) is 106 cm³/mol. The van der Waals surface area contributed by atoms with Gasteiger partial charge in [-0.3, -0.25) is 4.90 Å². The summed E-state index contributed by atoms with van der Waals surface area (Å²) in [6.45, 7) is 4.57. The first kappa shape index (κ1) is 16.9. The summed E-state index contributed by atoms with van der Waals surface area (Å²) in [5, 5.41) is 4.82. The van der Waals surface area contributed by atoms with Crippen LogP contribution in [0.2, 0.25) is 0 Å². The van der Waals surface area contributed by atoms with E-state index < -0.39 is 0 Å². The van der Waals surface area contributed by atoms with Gasteiger partial charge in [-0.2, -0.15) is 5.10 Å². The second kappa shape index (κ2) is 7.05. The first-order chi connectivity index (χ1) is 13.8. The molecule has 0 saturated carbocycles. The summed E-state index contributed by atoms with van der Waals surface area (Å²) in [7, 11) is 0. The summed E-state index contributed by atoms with van der Waals surface area (Å²) in [5.41, 5.74) is 5.46. The molecule has 6 nitrogen and oxygen atoms in total. The van der Waals surface area contributed by atoms with E-state index in [9.17, 15) is 0 Å². The minimum Gasteiger partial charge on any atom is -0.463 e. The zero-order valence-corrected chi connectivity index (χ0v) is 15.7. The topological polar surface area (TPSA) is 60.0 Å². The molecule has 0 aliphatic carbocycles. The van der Waals surface area contributed by atoms with E-state index in [0.29, 0.717) is 0 Å². The molecule has 5 rings (SSSR count). The first-order valence-corrected chi connectivity index (χ1v) is 9.48. The van der Waals surface area contributed by atoms with E-state index in [0.717, 1.165) is 54.6 Å². The lowest BCUT2D eigenvalue weighted by atomic mass is 10.1. The SMILES string of the molecule is Cc1ncc2c(n1)CCN(Cc1cn(-c3ccccc3)nc1-c1ccco1)C2. The number of hydrogen-bond donors (Lipinski definition) is 0. The second-order valence-corrected chi connectivity index (χ2v) is 7.11. The predicted octanol–water partition coefficient (Wildman–Crippen LogP) is 3.79. The summed E-state index contributed by atoms with van der Waals surface area (Å²) in [5.74, 6) is 1.64. The van der Waals surface area contributed by atoms with Crippen LogP contribution in [0.5, 0.6) is 0 Å². The standard InChI is InChI=1S/C22H21N5O/c1-16-23-12-17-13-26(10-9-20(17)24-16)14-18-15-27(19-6-3-2-4-7-19)25-22(18)21-8-5-11-28-21/h2-8,11-12,15H,9-10,13-14H2,1H3. The zero-order chi connectivity index (χ0) is 18.9. The van der Waals surface area contributed by atoms with E-state index in [-0.39, 0.29) is 0 Å². The maximum atomic E-state index is 5.65. The minimum atomic E-state index is 0.793. The number of aryl methyl sites for hydroxylation is 1. The molecule has 0 atom stereocenters. The van der Waals surface area contributed by atoms with Crippen molar-refractivity contribution in [2.45, 2.75) is 26.4 Å². The van der Waals surface area contributed by atoms with Crippen LogP contribution >= 0.6 is 0 Å². The summed E-state index contributed by atoms with van der Waals surface area (Å²) in [6.07, 6.45) is 6.71. The first-order valence-electron chi connectivity index (χ1n) is 9.48. The van der Waals surface area contributed by atoms with Crippen LogP contribution in [0.3, 0.4) is 0 Å². The van der Waals surface area contributed by atoms with Crippen LogP contribution in [-0.2, 0) is 19.5 Å². The highest BCUT2D eigenvalue weighted by Crippen LogP contribution is 2.27. The molecule has 1 aliphatic heterocycles. The van der Waals surface area contributed by atoms with Crippen molar-refractivity contribution in [3.05, 3.63) is 83.8 Å². The van der Waals surface area contributed by atoms with E-state index in [4.69, 9.17) is 9.52 Å². The van der Waals surface area contributed by atoms with Crippen molar-refractivity contribution in [1.82, 2.24) is 24.6 Å². The van der Waals surface area contributed by atoms with Crippen LogP contribution < -0.4 is 0 Å². The number of aromatic nitrogens is 4. The average Bonchev–Trinajstić information content (AvgIpc) is 3.39. The van der Waals surface area contributed by atoms with Gasteiger partial charge in [-0.15, -0.1) is 0 Å². The molecule has 4 heterocycles. The highest BCUT2D eigenvalue weighted by Gasteiger charge is 2.22. The van der Waals surface area contributed by atoms with Gasteiger partial charge in [0.15, 0.2) is 5.76 Å². The maximum Gasteiger partial charge on any atom is 0.154 e. The number of rotatable bonds is 4. The van der Waals surface area contributed by atoms with Gasteiger partial charge in [0.25, 0.3) is 0 Å². The van der Waals surface area contributed by atoms with Crippen molar-refractivity contribution < 1.29 is 4.42 Å². The molecular formula is C22H21N5O.